The van der Waals surface area contributed by atoms with Gasteiger partial charge >= 0.3 is 0 Å². The van der Waals surface area contributed by atoms with Crippen molar-refractivity contribution in [3.63, 3.8) is 0 Å². The van der Waals surface area contributed by atoms with Crippen molar-refractivity contribution in [3.05, 3.63) is 0 Å². The van der Waals surface area contributed by atoms with Crippen molar-refractivity contribution in [2.45, 2.75) is 52.9 Å². The van der Waals surface area contributed by atoms with Gasteiger partial charge in [0.05, 0.1) is 0 Å². The summed E-state index contributed by atoms with van der Waals surface area (Å²) in [5.41, 5.74) is 5.01. The van der Waals surface area contributed by atoms with Gasteiger partial charge in [-0.1, -0.05) is 45.2 Å². The first-order valence-corrected chi connectivity index (χ1v) is 6.18. The molecule has 100 valence electrons. The summed E-state index contributed by atoms with van der Waals surface area (Å²) in [6.07, 6.45) is 4.89. The van der Waals surface area contributed by atoms with E-state index in [9.17, 15) is 4.79 Å². The summed E-state index contributed by atoms with van der Waals surface area (Å²) in [4.78, 5) is 11.5. The topological polar surface area (TPSA) is 87.7 Å². The van der Waals surface area contributed by atoms with Crippen LogP contribution in [0.25, 0.3) is 0 Å². The van der Waals surface area contributed by atoms with Crippen molar-refractivity contribution in [2.75, 3.05) is 6.54 Å². The number of hydrogen-bond acceptors (Lipinski definition) is 3. The Hall–Kier alpha value is -1.26. The molecule has 0 aliphatic heterocycles. The number of rotatable bonds is 8. The number of amides is 1. The lowest BCUT2D eigenvalue weighted by Gasteiger charge is -2.23. The maximum atomic E-state index is 11.5. The van der Waals surface area contributed by atoms with Crippen LogP contribution in [0.2, 0.25) is 0 Å². The summed E-state index contributed by atoms with van der Waals surface area (Å²) in [7, 11) is 0. The Morgan fingerprint density at radius 3 is 2.53 bits per heavy atom. The molecule has 5 heteroatoms. The SMILES string of the molecule is CCCCCCC(=O)NCC(C)(C)C(N)=NO. The molecule has 5 nitrogen and oxygen atoms in total. The number of amidine groups is 1. The second-order valence-corrected chi connectivity index (χ2v) is 4.96. The molecule has 0 aliphatic rings. The summed E-state index contributed by atoms with van der Waals surface area (Å²) in [5.74, 6) is 0.156. The van der Waals surface area contributed by atoms with Crippen LogP contribution >= 0.6 is 0 Å². The van der Waals surface area contributed by atoms with Crippen LogP contribution < -0.4 is 11.1 Å². The highest BCUT2D eigenvalue weighted by molar-refractivity contribution is 5.86. The third kappa shape index (κ3) is 6.81. The van der Waals surface area contributed by atoms with E-state index < -0.39 is 5.41 Å². The van der Waals surface area contributed by atoms with Gasteiger partial charge in [0.2, 0.25) is 5.91 Å². The van der Waals surface area contributed by atoms with E-state index in [-0.39, 0.29) is 11.7 Å². The second-order valence-electron chi connectivity index (χ2n) is 4.96. The fourth-order valence-electron chi connectivity index (χ4n) is 1.35. The molecule has 0 fully saturated rings. The fourth-order valence-corrected chi connectivity index (χ4v) is 1.35. The molecule has 0 heterocycles. The number of nitrogens with zero attached hydrogens (tertiary/aromatic N) is 1. The summed E-state index contributed by atoms with van der Waals surface area (Å²) in [6, 6.07) is 0. The zero-order valence-corrected chi connectivity index (χ0v) is 11.1. The Morgan fingerprint density at radius 2 is 2.00 bits per heavy atom. The van der Waals surface area contributed by atoms with E-state index in [0.717, 1.165) is 19.3 Å². The molecule has 4 N–H and O–H groups in total. The van der Waals surface area contributed by atoms with Gasteiger partial charge in [-0.15, -0.1) is 0 Å². The van der Waals surface area contributed by atoms with Gasteiger partial charge in [0, 0.05) is 18.4 Å². The molecular weight excluding hydrogens is 218 g/mol. The van der Waals surface area contributed by atoms with Crippen molar-refractivity contribution in [3.8, 4) is 0 Å². The molecule has 0 aliphatic carbocycles. The van der Waals surface area contributed by atoms with Crippen LogP contribution in [0.1, 0.15) is 52.9 Å². The molecule has 0 radical (unpaired) electrons. The highest BCUT2D eigenvalue weighted by Gasteiger charge is 2.24. The second kappa shape index (κ2) is 7.92. The first kappa shape index (κ1) is 15.7. The van der Waals surface area contributed by atoms with E-state index in [2.05, 4.69) is 17.4 Å². The van der Waals surface area contributed by atoms with Gasteiger partial charge in [-0.25, -0.2) is 0 Å². The van der Waals surface area contributed by atoms with E-state index >= 15 is 0 Å². The molecule has 17 heavy (non-hydrogen) atoms. The van der Waals surface area contributed by atoms with Crippen LogP contribution in [-0.2, 0) is 4.79 Å². The molecule has 0 aromatic rings. The Kier molecular flexibility index (Phi) is 7.34. The quantitative estimate of drug-likeness (QED) is 0.200. The molecule has 0 bridgehead atoms. The average Bonchev–Trinajstić information content (AvgIpc) is 2.31. The molecule has 0 atom stereocenters. The van der Waals surface area contributed by atoms with Crippen LogP contribution in [0.3, 0.4) is 0 Å². The Bertz CT molecular complexity index is 262. The maximum absolute atomic E-state index is 11.5. The number of hydrogen-bond donors (Lipinski definition) is 3. The number of nitrogens with one attached hydrogen (secondary N) is 1. The summed E-state index contributed by atoms with van der Waals surface area (Å²) in [6.45, 7) is 6.16. The molecule has 0 rings (SSSR count). The normalized spacial score (nSPS) is 12.5. The lowest BCUT2D eigenvalue weighted by Crippen LogP contribution is -2.42. The van der Waals surface area contributed by atoms with Gasteiger partial charge in [0.15, 0.2) is 0 Å². The lowest BCUT2D eigenvalue weighted by molar-refractivity contribution is -0.121. The molecule has 1 amide bonds. The van der Waals surface area contributed by atoms with Gasteiger partial charge in [-0.2, -0.15) is 0 Å². The third-order valence-electron chi connectivity index (χ3n) is 2.79. The predicted octanol–water partition coefficient (Wildman–Crippen LogP) is 1.85. The molecule has 0 saturated carbocycles. The molecule has 0 aromatic carbocycles. The number of oxime groups is 1. The van der Waals surface area contributed by atoms with E-state index in [1.165, 1.54) is 6.42 Å². The van der Waals surface area contributed by atoms with Crippen LogP contribution in [0, 0.1) is 5.41 Å². The van der Waals surface area contributed by atoms with Crippen molar-refractivity contribution in [1.29, 1.82) is 0 Å². The molecule has 0 saturated heterocycles. The van der Waals surface area contributed by atoms with Gasteiger partial charge in [-0.3, -0.25) is 4.79 Å². The number of nitrogens with two attached hydrogens (primary N) is 1. The zero-order chi connectivity index (χ0) is 13.3. The molecule has 0 aromatic heterocycles. The third-order valence-corrected chi connectivity index (χ3v) is 2.79. The van der Waals surface area contributed by atoms with E-state index in [4.69, 9.17) is 10.9 Å². The maximum Gasteiger partial charge on any atom is 0.220 e. The largest absolute Gasteiger partial charge is 0.409 e. The highest BCUT2D eigenvalue weighted by atomic mass is 16.4. The summed E-state index contributed by atoms with van der Waals surface area (Å²) >= 11 is 0. The van der Waals surface area contributed by atoms with Crippen molar-refractivity contribution in [1.82, 2.24) is 5.32 Å². The zero-order valence-electron chi connectivity index (χ0n) is 11.1. The Labute approximate surface area is 103 Å². The minimum absolute atomic E-state index is 0.0277. The van der Waals surface area contributed by atoms with Gasteiger partial charge in [-0.05, 0) is 6.42 Å². The summed E-state index contributed by atoms with van der Waals surface area (Å²) < 4.78 is 0. The van der Waals surface area contributed by atoms with E-state index in [0.29, 0.717) is 13.0 Å². The standard InChI is InChI=1S/C12H25N3O2/c1-4-5-6-7-8-10(16)14-9-12(2,3)11(13)15-17/h17H,4-9H2,1-3H3,(H2,13,15)(H,14,16). The highest BCUT2D eigenvalue weighted by Crippen LogP contribution is 2.13. The number of carbonyl (C=O) groups is 1. The summed E-state index contributed by atoms with van der Waals surface area (Å²) in [5, 5.41) is 14.4. The molecule has 0 unspecified atom stereocenters. The van der Waals surface area contributed by atoms with Crippen LogP contribution in [0.15, 0.2) is 5.16 Å². The van der Waals surface area contributed by atoms with Gasteiger partial charge in [0.1, 0.15) is 5.84 Å². The molecule has 0 spiro atoms. The Morgan fingerprint density at radius 1 is 1.35 bits per heavy atom. The van der Waals surface area contributed by atoms with Crippen molar-refractivity contribution in [2.24, 2.45) is 16.3 Å². The first-order chi connectivity index (χ1) is 7.94. The van der Waals surface area contributed by atoms with Crippen LogP contribution in [-0.4, -0.2) is 23.5 Å². The van der Waals surface area contributed by atoms with E-state index in [1.54, 1.807) is 0 Å². The number of unbranched alkanes of at least 4 members (excludes halogenated alkanes) is 3. The van der Waals surface area contributed by atoms with Crippen molar-refractivity contribution >= 4 is 11.7 Å². The van der Waals surface area contributed by atoms with Gasteiger partial charge < -0.3 is 16.3 Å². The fraction of sp³-hybridized carbons (Fsp3) is 0.833. The average molecular weight is 243 g/mol. The minimum Gasteiger partial charge on any atom is -0.409 e. The van der Waals surface area contributed by atoms with Crippen molar-refractivity contribution < 1.29 is 10.0 Å². The number of carbonyl (C=O) groups excluding carboxylic acids is 1. The molecular formula is C12H25N3O2. The lowest BCUT2D eigenvalue weighted by atomic mass is 9.92. The minimum atomic E-state index is -0.520. The monoisotopic (exact) mass is 243 g/mol. The van der Waals surface area contributed by atoms with Gasteiger partial charge in [0.25, 0.3) is 0 Å². The van der Waals surface area contributed by atoms with Crippen LogP contribution in [0.5, 0.6) is 0 Å². The first-order valence-electron chi connectivity index (χ1n) is 6.18. The Balaban J connectivity index is 3.84. The van der Waals surface area contributed by atoms with Crippen LogP contribution in [0.4, 0.5) is 0 Å². The smallest absolute Gasteiger partial charge is 0.220 e. The predicted molar refractivity (Wildman–Crippen MR) is 69.0 cm³/mol. The van der Waals surface area contributed by atoms with E-state index in [1.807, 2.05) is 13.8 Å².